The van der Waals surface area contributed by atoms with Gasteiger partial charge in [0.25, 0.3) is 0 Å². The zero-order valence-corrected chi connectivity index (χ0v) is 8.33. The number of ether oxygens (including phenoxy) is 1. The van der Waals surface area contributed by atoms with E-state index < -0.39 is 5.92 Å². The zero-order valence-electron chi connectivity index (χ0n) is 8.33. The third-order valence-corrected chi connectivity index (χ3v) is 1.85. The van der Waals surface area contributed by atoms with Gasteiger partial charge in [0.05, 0.1) is 12.2 Å². The maximum atomic E-state index is 11.2. The Hall–Kier alpha value is -1.08. The summed E-state index contributed by atoms with van der Waals surface area (Å²) >= 11 is 0. The normalized spacial score (nSPS) is 14.3. The van der Waals surface area contributed by atoms with Crippen molar-refractivity contribution in [2.24, 2.45) is 5.92 Å². The first-order valence-electron chi connectivity index (χ1n) is 4.35. The highest BCUT2D eigenvalue weighted by atomic mass is 16.5. The number of carbonyl (C=O) groups is 1. The lowest BCUT2D eigenvalue weighted by molar-refractivity contribution is -0.123. The SMILES string of the molecule is CCC(C#N)C(=O)NCC(C)OC. The molecule has 0 radical (unpaired) electrons. The molecule has 2 unspecified atom stereocenters. The highest BCUT2D eigenvalue weighted by Crippen LogP contribution is 1.99. The Kier molecular flexibility index (Phi) is 5.90. The number of nitriles is 1. The summed E-state index contributed by atoms with van der Waals surface area (Å²) < 4.78 is 4.95. The molecule has 13 heavy (non-hydrogen) atoms. The number of amides is 1. The van der Waals surface area contributed by atoms with Crippen LogP contribution < -0.4 is 5.32 Å². The minimum Gasteiger partial charge on any atom is -0.380 e. The van der Waals surface area contributed by atoms with Crippen LogP contribution in [0.15, 0.2) is 0 Å². The maximum Gasteiger partial charge on any atom is 0.237 e. The third-order valence-electron chi connectivity index (χ3n) is 1.85. The van der Waals surface area contributed by atoms with Crippen LogP contribution in [0.2, 0.25) is 0 Å². The van der Waals surface area contributed by atoms with Gasteiger partial charge in [0, 0.05) is 13.7 Å². The Balaban J connectivity index is 3.81. The number of hydrogen-bond acceptors (Lipinski definition) is 3. The van der Waals surface area contributed by atoms with Crippen molar-refractivity contribution in [3.63, 3.8) is 0 Å². The van der Waals surface area contributed by atoms with Gasteiger partial charge in [-0.1, -0.05) is 6.92 Å². The van der Waals surface area contributed by atoms with E-state index in [1.807, 2.05) is 19.9 Å². The largest absolute Gasteiger partial charge is 0.380 e. The number of carbonyl (C=O) groups excluding carboxylic acids is 1. The predicted octanol–water partition coefficient (Wildman–Crippen LogP) is 0.687. The van der Waals surface area contributed by atoms with Gasteiger partial charge in [-0.25, -0.2) is 0 Å². The van der Waals surface area contributed by atoms with Crippen molar-refractivity contribution in [1.82, 2.24) is 5.32 Å². The van der Waals surface area contributed by atoms with E-state index in [-0.39, 0.29) is 12.0 Å². The van der Waals surface area contributed by atoms with Gasteiger partial charge in [0.2, 0.25) is 5.91 Å². The van der Waals surface area contributed by atoms with Gasteiger partial charge < -0.3 is 10.1 Å². The Morgan fingerprint density at radius 1 is 1.69 bits per heavy atom. The van der Waals surface area contributed by atoms with E-state index in [0.717, 1.165) is 0 Å². The number of nitrogens with one attached hydrogen (secondary N) is 1. The molecule has 4 heteroatoms. The lowest BCUT2D eigenvalue weighted by atomic mass is 10.1. The van der Waals surface area contributed by atoms with Crippen molar-refractivity contribution >= 4 is 5.91 Å². The lowest BCUT2D eigenvalue weighted by Gasteiger charge is -2.12. The second kappa shape index (κ2) is 6.44. The van der Waals surface area contributed by atoms with Gasteiger partial charge in [-0.3, -0.25) is 4.79 Å². The molecule has 0 heterocycles. The van der Waals surface area contributed by atoms with Gasteiger partial charge in [0.15, 0.2) is 0 Å². The van der Waals surface area contributed by atoms with Crippen LogP contribution in [0.4, 0.5) is 0 Å². The average molecular weight is 184 g/mol. The first-order chi connectivity index (χ1) is 6.15. The van der Waals surface area contributed by atoms with Crippen molar-refractivity contribution in [3.05, 3.63) is 0 Å². The molecule has 0 aliphatic carbocycles. The smallest absolute Gasteiger partial charge is 0.237 e. The van der Waals surface area contributed by atoms with E-state index in [9.17, 15) is 4.79 Å². The molecule has 0 aromatic rings. The van der Waals surface area contributed by atoms with Crippen LogP contribution in [0.5, 0.6) is 0 Å². The fourth-order valence-corrected chi connectivity index (χ4v) is 0.786. The first-order valence-corrected chi connectivity index (χ1v) is 4.35. The standard InChI is InChI=1S/C9H16N2O2/c1-4-8(5-10)9(12)11-6-7(2)13-3/h7-8H,4,6H2,1-3H3,(H,11,12). The van der Waals surface area contributed by atoms with Crippen LogP contribution in [0, 0.1) is 17.2 Å². The summed E-state index contributed by atoms with van der Waals surface area (Å²) in [5.74, 6) is -0.752. The summed E-state index contributed by atoms with van der Waals surface area (Å²) in [5.41, 5.74) is 0. The third kappa shape index (κ3) is 4.48. The summed E-state index contributed by atoms with van der Waals surface area (Å²) in [5, 5.41) is 11.2. The van der Waals surface area contributed by atoms with E-state index in [1.54, 1.807) is 7.11 Å². The van der Waals surface area contributed by atoms with Crippen molar-refractivity contribution in [2.45, 2.75) is 26.4 Å². The molecule has 0 aliphatic heterocycles. The Morgan fingerprint density at radius 3 is 2.69 bits per heavy atom. The molecule has 2 atom stereocenters. The molecule has 1 amide bonds. The van der Waals surface area contributed by atoms with Gasteiger partial charge in [-0.15, -0.1) is 0 Å². The molecule has 4 nitrogen and oxygen atoms in total. The molecular formula is C9H16N2O2. The predicted molar refractivity (Wildman–Crippen MR) is 48.9 cm³/mol. The van der Waals surface area contributed by atoms with Crippen LogP contribution in [-0.4, -0.2) is 25.7 Å². The number of rotatable bonds is 5. The molecule has 0 saturated carbocycles. The second-order valence-electron chi connectivity index (χ2n) is 2.88. The van der Waals surface area contributed by atoms with Crippen LogP contribution in [0.1, 0.15) is 20.3 Å². The molecule has 0 spiro atoms. The van der Waals surface area contributed by atoms with Gasteiger partial charge in [0.1, 0.15) is 5.92 Å². The molecule has 0 aromatic heterocycles. The molecule has 0 bridgehead atoms. The maximum absolute atomic E-state index is 11.2. The Bertz CT molecular complexity index is 198. The fraction of sp³-hybridized carbons (Fsp3) is 0.778. The van der Waals surface area contributed by atoms with Crippen molar-refractivity contribution in [1.29, 1.82) is 5.26 Å². The number of methoxy groups -OCH3 is 1. The Morgan fingerprint density at radius 2 is 2.31 bits per heavy atom. The summed E-state index contributed by atoms with van der Waals surface area (Å²) in [6.45, 7) is 4.12. The molecular weight excluding hydrogens is 168 g/mol. The van der Waals surface area contributed by atoms with E-state index in [0.29, 0.717) is 13.0 Å². The van der Waals surface area contributed by atoms with Crippen molar-refractivity contribution in [2.75, 3.05) is 13.7 Å². The van der Waals surface area contributed by atoms with E-state index in [1.165, 1.54) is 0 Å². The topological polar surface area (TPSA) is 62.1 Å². The molecule has 1 N–H and O–H groups in total. The van der Waals surface area contributed by atoms with E-state index >= 15 is 0 Å². The first kappa shape index (κ1) is 11.9. The molecule has 0 fully saturated rings. The number of nitrogens with zero attached hydrogens (tertiary/aromatic N) is 1. The monoisotopic (exact) mass is 184 g/mol. The van der Waals surface area contributed by atoms with Gasteiger partial charge >= 0.3 is 0 Å². The highest BCUT2D eigenvalue weighted by molar-refractivity contribution is 5.80. The zero-order chi connectivity index (χ0) is 10.3. The lowest BCUT2D eigenvalue weighted by Crippen LogP contribution is -2.35. The van der Waals surface area contributed by atoms with Crippen LogP contribution in [-0.2, 0) is 9.53 Å². The van der Waals surface area contributed by atoms with Crippen LogP contribution in [0.3, 0.4) is 0 Å². The van der Waals surface area contributed by atoms with Crippen molar-refractivity contribution in [3.8, 4) is 6.07 Å². The van der Waals surface area contributed by atoms with E-state index in [4.69, 9.17) is 10.00 Å². The second-order valence-corrected chi connectivity index (χ2v) is 2.88. The van der Waals surface area contributed by atoms with E-state index in [2.05, 4.69) is 5.32 Å². The molecule has 0 rings (SSSR count). The molecule has 0 saturated heterocycles. The van der Waals surface area contributed by atoms with Crippen LogP contribution in [0.25, 0.3) is 0 Å². The molecule has 0 aliphatic rings. The molecule has 0 aromatic carbocycles. The molecule has 74 valence electrons. The van der Waals surface area contributed by atoms with Gasteiger partial charge in [-0.2, -0.15) is 5.26 Å². The Labute approximate surface area is 78.9 Å². The summed E-state index contributed by atoms with van der Waals surface area (Å²) in [7, 11) is 1.58. The summed E-state index contributed by atoms with van der Waals surface area (Å²) in [4.78, 5) is 11.2. The summed E-state index contributed by atoms with van der Waals surface area (Å²) in [6, 6.07) is 1.94. The minimum atomic E-state index is -0.538. The summed E-state index contributed by atoms with van der Waals surface area (Å²) in [6.07, 6.45) is 0.532. The quantitative estimate of drug-likeness (QED) is 0.683. The highest BCUT2D eigenvalue weighted by Gasteiger charge is 2.15. The van der Waals surface area contributed by atoms with Gasteiger partial charge in [-0.05, 0) is 13.3 Å². The minimum absolute atomic E-state index is 0.0138. The number of hydrogen-bond donors (Lipinski definition) is 1. The average Bonchev–Trinajstić information content (AvgIpc) is 2.16. The van der Waals surface area contributed by atoms with Crippen LogP contribution >= 0.6 is 0 Å². The fourth-order valence-electron chi connectivity index (χ4n) is 0.786. The van der Waals surface area contributed by atoms with Crippen molar-refractivity contribution < 1.29 is 9.53 Å².